The Morgan fingerprint density at radius 2 is 2.17 bits per heavy atom. The molecule has 2 fully saturated rings. The van der Waals surface area contributed by atoms with Crippen LogP contribution < -0.4 is 5.32 Å². The van der Waals surface area contributed by atoms with Gasteiger partial charge in [0.05, 0.1) is 7.11 Å². The third-order valence-electron chi connectivity index (χ3n) is 3.99. The highest BCUT2D eigenvalue weighted by Gasteiger charge is 2.64. The number of carbonyl (C=O) groups is 3. The molecule has 0 aromatic heterocycles. The van der Waals surface area contributed by atoms with Crippen LogP contribution in [0.4, 0.5) is 0 Å². The molecule has 2 saturated heterocycles. The predicted octanol–water partition coefficient (Wildman–Crippen LogP) is 0.298. The van der Waals surface area contributed by atoms with Gasteiger partial charge in [0.1, 0.15) is 30.1 Å². The van der Waals surface area contributed by atoms with Gasteiger partial charge >= 0.3 is 11.9 Å². The van der Waals surface area contributed by atoms with Gasteiger partial charge < -0.3 is 14.4 Å². The van der Waals surface area contributed by atoms with Gasteiger partial charge in [-0.05, 0) is 20.8 Å². The van der Waals surface area contributed by atoms with Crippen molar-refractivity contribution in [1.82, 2.24) is 10.2 Å². The minimum absolute atomic E-state index is 0.115. The van der Waals surface area contributed by atoms with Crippen molar-refractivity contribution in [2.45, 2.75) is 49.0 Å². The molecule has 2 rings (SSSR count). The molecular weight excluding hydrogens is 320 g/mol. The highest BCUT2D eigenvalue weighted by molar-refractivity contribution is 8.01. The zero-order chi connectivity index (χ0) is 17.4. The molecule has 0 aromatic rings. The van der Waals surface area contributed by atoms with Crippen LogP contribution in [0.15, 0.2) is 12.7 Å². The van der Waals surface area contributed by atoms with Crippen LogP contribution >= 0.6 is 11.8 Å². The molecule has 23 heavy (non-hydrogen) atoms. The summed E-state index contributed by atoms with van der Waals surface area (Å²) in [6.07, 6.45) is 1.49. The topological polar surface area (TPSA) is 84.9 Å². The number of rotatable bonds is 6. The Kier molecular flexibility index (Phi) is 5.05. The number of ether oxygens (including phenoxy) is 2. The minimum atomic E-state index is -0.642. The Morgan fingerprint density at radius 1 is 1.52 bits per heavy atom. The fraction of sp³-hybridized carbons (Fsp3) is 0.667. The van der Waals surface area contributed by atoms with E-state index in [0.717, 1.165) is 0 Å². The average Bonchev–Trinajstić information content (AvgIpc) is 2.77. The van der Waals surface area contributed by atoms with Crippen molar-refractivity contribution in [2.75, 3.05) is 13.7 Å². The maximum absolute atomic E-state index is 12.4. The van der Waals surface area contributed by atoms with Crippen molar-refractivity contribution >= 4 is 29.6 Å². The summed E-state index contributed by atoms with van der Waals surface area (Å²) >= 11 is 1.52. The van der Waals surface area contributed by atoms with E-state index in [2.05, 4.69) is 16.6 Å². The SMILES string of the molecule is C=CCOC(=O)[C@@H]1N2C(=O)[C@@H](NC(C)C(=O)OC)[C@H]2SC1(C)C. The molecule has 2 aliphatic heterocycles. The van der Waals surface area contributed by atoms with Crippen molar-refractivity contribution in [3.8, 4) is 0 Å². The normalized spacial score (nSPS) is 29.3. The first-order chi connectivity index (χ1) is 10.7. The summed E-state index contributed by atoms with van der Waals surface area (Å²) in [6.45, 7) is 9.08. The smallest absolute Gasteiger partial charge is 0.330 e. The number of nitrogens with zero attached hydrogens (tertiary/aromatic N) is 1. The third-order valence-corrected chi connectivity index (χ3v) is 5.56. The van der Waals surface area contributed by atoms with Gasteiger partial charge in [0.25, 0.3) is 0 Å². The highest BCUT2D eigenvalue weighted by atomic mass is 32.2. The van der Waals surface area contributed by atoms with Crippen molar-refractivity contribution in [3.63, 3.8) is 0 Å². The lowest BCUT2D eigenvalue weighted by molar-refractivity contribution is -0.164. The van der Waals surface area contributed by atoms with E-state index in [1.165, 1.54) is 29.8 Å². The number of nitrogens with one attached hydrogen (secondary N) is 1. The van der Waals surface area contributed by atoms with Crippen molar-refractivity contribution in [1.29, 1.82) is 0 Å². The zero-order valence-corrected chi connectivity index (χ0v) is 14.5. The van der Waals surface area contributed by atoms with E-state index < -0.39 is 34.8 Å². The number of thioether (sulfide) groups is 1. The highest BCUT2D eigenvalue weighted by Crippen LogP contribution is 2.51. The number of esters is 2. The molecule has 7 nitrogen and oxygen atoms in total. The Hall–Kier alpha value is -1.54. The van der Waals surface area contributed by atoms with Crippen LogP contribution in [0.1, 0.15) is 20.8 Å². The fourth-order valence-corrected chi connectivity index (χ4v) is 4.51. The van der Waals surface area contributed by atoms with Crippen LogP contribution in [0.5, 0.6) is 0 Å². The molecule has 8 heteroatoms. The number of hydrogen-bond acceptors (Lipinski definition) is 7. The zero-order valence-electron chi connectivity index (χ0n) is 13.7. The number of carbonyl (C=O) groups excluding carboxylic acids is 3. The summed E-state index contributed by atoms with van der Waals surface area (Å²) in [5.41, 5.74) is 0. The second kappa shape index (κ2) is 6.52. The lowest BCUT2D eigenvalue weighted by Gasteiger charge is -2.44. The van der Waals surface area contributed by atoms with Crippen LogP contribution in [-0.4, -0.2) is 64.7 Å². The van der Waals surface area contributed by atoms with Gasteiger partial charge in [-0.15, -0.1) is 11.8 Å². The van der Waals surface area contributed by atoms with Crippen molar-refractivity contribution in [2.24, 2.45) is 0 Å². The first-order valence-corrected chi connectivity index (χ1v) is 8.24. The maximum atomic E-state index is 12.4. The monoisotopic (exact) mass is 342 g/mol. The lowest BCUT2D eigenvalue weighted by Crippen LogP contribution is -2.71. The molecule has 0 saturated carbocycles. The molecule has 0 aliphatic carbocycles. The van der Waals surface area contributed by atoms with E-state index in [-0.39, 0.29) is 17.9 Å². The molecule has 0 bridgehead atoms. The van der Waals surface area contributed by atoms with Gasteiger partial charge in [-0.1, -0.05) is 12.7 Å². The van der Waals surface area contributed by atoms with Gasteiger partial charge in [0, 0.05) is 4.75 Å². The second-order valence-corrected chi connectivity index (χ2v) is 7.84. The molecule has 4 atom stereocenters. The number of hydrogen-bond donors (Lipinski definition) is 1. The summed E-state index contributed by atoms with van der Waals surface area (Å²) < 4.78 is 9.31. The van der Waals surface area contributed by atoms with Gasteiger partial charge in [0.2, 0.25) is 5.91 Å². The predicted molar refractivity (Wildman–Crippen MR) is 85.6 cm³/mol. The largest absolute Gasteiger partial charge is 0.468 e. The molecule has 1 N–H and O–H groups in total. The van der Waals surface area contributed by atoms with E-state index >= 15 is 0 Å². The van der Waals surface area contributed by atoms with E-state index in [1.54, 1.807) is 6.92 Å². The van der Waals surface area contributed by atoms with Gasteiger partial charge in [-0.3, -0.25) is 14.9 Å². The standard InChI is InChI=1S/C15H22N2O5S/c1-6-7-22-14(20)10-15(3,4)23-12-9(11(18)17(10)12)16-8(2)13(19)21-5/h6,8-10,12,16H,1,7H2,2-5H3/t8?,9-,10+,12-/m1/s1. The quantitative estimate of drug-likeness (QED) is 0.422. The first kappa shape index (κ1) is 17.8. The van der Waals surface area contributed by atoms with Gasteiger partial charge in [-0.2, -0.15) is 0 Å². The summed E-state index contributed by atoms with van der Waals surface area (Å²) in [7, 11) is 1.30. The van der Waals surface area contributed by atoms with E-state index in [1.807, 2.05) is 13.8 Å². The summed E-state index contributed by atoms with van der Waals surface area (Å²) in [4.78, 5) is 37.7. The van der Waals surface area contributed by atoms with Crippen LogP contribution in [0.3, 0.4) is 0 Å². The van der Waals surface area contributed by atoms with E-state index in [0.29, 0.717) is 0 Å². The summed E-state index contributed by atoms with van der Waals surface area (Å²) in [6, 6.07) is -1.74. The molecule has 2 aliphatic rings. The molecule has 1 amide bonds. The molecular formula is C15H22N2O5S. The maximum Gasteiger partial charge on any atom is 0.330 e. The molecule has 128 valence electrons. The Morgan fingerprint density at radius 3 is 2.74 bits per heavy atom. The Balaban J connectivity index is 2.09. The van der Waals surface area contributed by atoms with Crippen LogP contribution in [0, 0.1) is 0 Å². The number of amides is 1. The molecule has 0 radical (unpaired) electrons. The fourth-order valence-electron chi connectivity index (χ4n) is 2.88. The number of β-lactam (4-membered cyclic amide) rings is 1. The van der Waals surface area contributed by atoms with Crippen LogP contribution in [0.25, 0.3) is 0 Å². The molecule has 1 unspecified atom stereocenters. The van der Waals surface area contributed by atoms with Crippen molar-refractivity contribution in [3.05, 3.63) is 12.7 Å². The Labute approximate surface area is 139 Å². The Bertz CT molecular complexity index is 536. The third kappa shape index (κ3) is 3.10. The summed E-state index contributed by atoms with van der Waals surface area (Å²) in [5.74, 6) is -1.07. The van der Waals surface area contributed by atoms with Crippen LogP contribution in [0.2, 0.25) is 0 Å². The molecule has 0 spiro atoms. The summed E-state index contributed by atoms with van der Waals surface area (Å²) in [5, 5.41) is 2.77. The van der Waals surface area contributed by atoms with Gasteiger partial charge in [0.15, 0.2) is 0 Å². The van der Waals surface area contributed by atoms with Crippen molar-refractivity contribution < 1.29 is 23.9 Å². The van der Waals surface area contributed by atoms with E-state index in [4.69, 9.17) is 4.74 Å². The minimum Gasteiger partial charge on any atom is -0.468 e. The van der Waals surface area contributed by atoms with Gasteiger partial charge in [-0.25, -0.2) is 4.79 Å². The van der Waals surface area contributed by atoms with Crippen LogP contribution in [-0.2, 0) is 23.9 Å². The molecule has 2 heterocycles. The first-order valence-electron chi connectivity index (χ1n) is 7.36. The molecule has 0 aromatic carbocycles. The lowest BCUT2D eigenvalue weighted by atomic mass is 9.95. The number of methoxy groups -OCH3 is 1. The number of fused-ring (bicyclic) bond motifs is 1. The average molecular weight is 342 g/mol. The second-order valence-electron chi connectivity index (χ2n) is 6.07. The van der Waals surface area contributed by atoms with E-state index in [9.17, 15) is 14.4 Å².